The SMILES string of the molecule is CCC(C)CNCC(=O)Nc1ccccc1C. The van der Waals surface area contributed by atoms with Gasteiger partial charge in [-0.1, -0.05) is 38.5 Å². The number of carbonyl (C=O) groups excluding carboxylic acids is 1. The highest BCUT2D eigenvalue weighted by atomic mass is 16.1. The van der Waals surface area contributed by atoms with Gasteiger partial charge < -0.3 is 10.6 Å². The van der Waals surface area contributed by atoms with Gasteiger partial charge in [0.2, 0.25) is 5.91 Å². The number of carbonyl (C=O) groups is 1. The van der Waals surface area contributed by atoms with Crippen LogP contribution in [0.2, 0.25) is 0 Å². The van der Waals surface area contributed by atoms with Gasteiger partial charge in [-0.3, -0.25) is 4.79 Å². The zero-order valence-corrected chi connectivity index (χ0v) is 10.9. The first-order valence-corrected chi connectivity index (χ1v) is 6.19. The smallest absolute Gasteiger partial charge is 0.238 e. The van der Waals surface area contributed by atoms with Crippen molar-refractivity contribution in [2.45, 2.75) is 27.2 Å². The summed E-state index contributed by atoms with van der Waals surface area (Å²) in [4.78, 5) is 11.7. The molecule has 94 valence electrons. The molecule has 0 aromatic heterocycles. The van der Waals surface area contributed by atoms with E-state index in [1.807, 2.05) is 31.2 Å². The number of amides is 1. The zero-order chi connectivity index (χ0) is 12.7. The summed E-state index contributed by atoms with van der Waals surface area (Å²) in [5.41, 5.74) is 1.98. The second-order valence-electron chi connectivity index (χ2n) is 4.51. The van der Waals surface area contributed by atoms with Crippen molar-refractivity contribution in [1.82, 2.24) is 5.32 Å². The molecule has 0 fully saturated rings. The topological polar surface area (TPSA) is 41.1 Å². The molecule has 0 spiro atoms. The molecule has 0 aliphatic rings. The Morgan fingerprint density at radius 2 is 2.06 bits per heavy atom. The molecule has 0 aliphatic carbocycles. The minimum atomic E-state index is 0.0163. The van der Waals surface area contributed by atoms with Crippen LogP contribution in [0.3, 0.4) is 0 Å². The Hall–Kier alpha value is -1.35. The van der Waals surface area contributed by atoms with Crippen molar-refractivity contribution >= 4 is 11.6 Å². The molecule has 1 amide bonds. The Balaban J connectivity index is 2.33. The molecular weight excluding hydrogens is 212 g/mol. The molecule has 17 heavy (non-hydrogen) atoms. The van der Waals surface area contributed by atoms with Crippen LogP contribution in [0.15, 0.2) is 24.3 Å². The zero-order valence-electron chi connectivity index (χ0n) is 10.9. The van der Waals surface area contributed by atoms with Crippen LogP contribution in [-0.4, -0.2) is 19.0 Å². The molecule has 1 aromatic carbocycles. The highest BCUT2D eigenvalue weighted by Crippen LogP contribution is 2.12. The van der Waals surface area contributed by atoms with E-state index >= 15 is 0 Å². The molecule has 1 unspecified atom stereocenters. The Morgan fingerprint density at radius 1 is 1.35 bits per heavy atom. The Bertz CT molecular complexity index is 363. The highest BCUT2D eigenvalue weighted by molar-refractivity contribution is 5.92. The van der Waals surface area contributed by atoms with Gasteiger partial charge in [0.15, 0.2) is 0 Å². The number of nitrogens with one attached hydrogen (secondary N) is 2. The second-order valence-corrected chi connectivity index (χ2v) is 4.51. The third-order valence-corrected chi connectivity index (χ3v) is 2.89. The maximum Gasteiger partial charge on any atom is 0.238 e. The lowest BCUT2D eigenvalue weighted by molar-refractivity contribution is -0.115. The van der Waals surface area contributed by atoms with Crippen molar-refractivity contribution in [3.8, 4) is 0 Å². The minimum absolute atomic E-state index is 0.0163. The number of anilines is 1. The molecule has 3 nitrogen and oxygen atoms in total. The first-order valence-electron chi connectivity index (χ1n) is 6.19. The van der Waals surface area contributed by atoms with Crippen LogP contribution < -0.4 is 10.6 Å². The summed E-state index contributed by atoms with van der Waals surface area (Å²) in [6, 6.07) is 7.80. The van der Waals surface area contributed by atoms with Crippen molar-refractivity contribution < 1.29 is 4.79 Å². The first kappa shape index (κ1) is 13.7. The average Bonchev–Trinajstić information content (AvgIpc) is 2.32. The summed E-state index contributed by atoms with van der Waals surface area (Å²) in [5, 5.41) is 6.06. The lowest BCUT2D eigenvalue weighted by Crippen LogP contribution is -2.31. The second kappa shape index (κ2) is 7.07. The standard InChI is InChI=1S/C14H22N2O/c1-4-11(2)9-15-10-14(17)16-13-8-6-5-7-12(13)3/h5-8,11,15H,4,9-10H2,1-3H3,(H,16,17). The van der Waals surface area contributed by atoms with Gasteiger partial charge in [-0.2, -0.15) is 0 Å². The Kier molecular flexibility index (Phi) is 5.70. The van der Waals surface area contributed by atoms with E-state index < -0.39 is 0 Å². The molecule has 0 saturated carbocycles. The van der Waals surface area contributed by atoms with Crippen molar-refractivity contribution in [1.29, 1.82) is 0 Å². The van der Waals surface area contributed by atoms with Gasteiger partial charge in [-0.15, -0.1) is 0 Å². The number of hydrogen-bond donors (Lipinski definition) is 2. The van der Waals surface area contributed by atoms with Crippen LogP contribution in [0.4, 0.5) is 5.69 Å². The van der Waals surface area contributed by atoms with E-state index in [1.54, 1.807) is 0 Å². The Morgan fingerprint density at radius 3 is 2.71 bits per heavy atom. The van der Waals surface area contributed by atoms with E-state index in [4.69, 9.17) is 0 Å². The molecule has 0 saturated heterocycles. The van der Waals surface area contributed by atoms with Crippen LogP contribution in [0.5, 0.6) is 0 Å². The van der Waals surface area contributed by atoms with E-state index in [-0.39, 0.29) is 5.91 Å². The van der Waals surface area contributed by atoms with Crippen molar-refractivity contribution in [2.24, 2.45) is 5.92 Å². The Labute approximate surface area is 104 Å². The number of benzene rings is 1. The van der Waals surface area contributed by atoms with Crippen LogP contribution in [0, 0.1) is 12.8 Å². The summed E-state index contributed by atoms with van der Waals surface area (Å²) in [6.07, 6.45) is 1.13. The average molecular weight is 234 g/mol. The van der Waals surface area contributed by atoms with Crippen molar-refractivity contribution in [2.75, 3.05) is 18.4 Å². The number of hydrogen-bond acceptors (Lipinski definition) is 2. The maximum absolute atomic E-state index is 11.7. The van der Waals surface area contributed by atoms with Gasteiger partial charge in [0, 0.05) is 5.69 Å². The van der Waals surface area contributed by atoms with Gasteiger partial charge in [0.25, 0.3) is 0 Å². The molecule has 0 bridgehead atoms. The van der Waals surface area contributed by atoms with E-state index in [0.717, 1.165) is 24.2 Å². The summed E-state index contributed by atoms with van der Waals surface area (Å²) >= 11 is 0. The largest absolute Gasteiger partial charge is 0.325 e. The third-order valence-electron chi connectivity index (χ3n) is 2.89. The fourth-order valence-electron chi connectivity index (χ4n) is 1.48. The van der Waals surface area contributed by atoms with Gasteiger partial charge >= 0.3 is 0 Å². The highest BCUT2D eigenvalue weighted by Gasteiger charge is 2.04. The van der Waals surface area contributed by atoms with Crippen molar-refractivity contribution in [3.05, 3.63) is 29.8 Å². The molecule has 0 aliphatic heterocycles. The fourth-order valence-corrected chi connectivity index (χ4v) is 1.48. The predicted octanol–water partition coefficient (Wildman–Crippen LogP) is 2.57. The quantitative estimate of drug-likeness (QED) is 0.794. The molecule has 1 aromatic rings. The summed E-state index contributed by atoms with van der Waals surface area (Å²) < 4.78 is 0. The normalized spacial score (nSPS) is 12.2. The predicted molar refractivity (Wildman–Crippen MR) is 72.1 cm³/mol. The van der Waals surface area contributed by atoms with E-state index in [0.29, 0.717) is 12.5 Å². The molecule has 3 heteroatoms. The van der Waals surface area contributed by atoms with Gasteiger partial charge in [0.1, 0.15) is 0 Å². The van der Waals surface area contributed by atoms with E-state index in [1.165, 1.54) is 0 Å². The lowest BCUT2D eigenvalue weighted by Gasteiger charge is -2.11. The lowest BCUT2D eigenvalue weighted by atomic mass is 10.1. The summed E-state index contributed by atoms with van der Waals surface area (Å²) in [7, 11) is 0. The molecule has 0 radical (unpaired) electrons. The third kappa shape index (κ3) is 5.00. The van der Waals surface area contributed by atoms with Crippen molar-refractivity contribution in [3.63, 3.8) is 0 Å². The number of aryl methyl sites for hydroxylation is 1. The van der Waals surface area contributed by atoms with Gasteiger partial charge in [0.05, 0.1) is 6.54 Å². The van der Waals surface area contributed by atoms with Gasteiger partial charge in [-0.25, -0.2) is 0 Å². The first-order chi connectivity index (χ1) is 8.13. The molecule has 0 heterocycles. The summed E-state index contributed by atoms with van der Waals surface area (Å²) in [6.45, 7) is 7.57. The fraction of sp³-hybridized carbons (Fsp3) is 0.500. The number of para-hydroxylation sites is 1. The van der Waals surface area contributed by atoms with E-state index in [2.05, 4.69) is 24.5 Å². The maximum atomic E-state index is 11.7. The molecular formula is C14H22N2O. The van der Waals surface area contributed by atoms with Crippen LogP contribution in [-0.2, 0) is 4.79 Å². The minimum Gasteiger partial charge on any atom is -0.325 e. The van der Waals surface area contributed by atoms with Crippen LogP contribution in [0.25, 0.3) is 0 Å². The molecule has 2 N–H and O–H groups in total. The molecule has 1 rings (SSSR count). The monoisotopic (exact) mass is 234 g/mol. The van der Waals surface area contributed by atoms with E-state index in [9.17, 15) is 4.79 Å². The van der Waals surface area contributed by atoms with Gasteiger partial charge in [-0.05, 0) is 31.0 Å². The van der Waals surface area contributed by atoms with Crippen LogP contribution >= 0.6 is 0 Å². The number of rotatable bonds is 6. The summed E-state index contributed by atoms with van der Waals surface area (Å²) in [5.74, 6) is 0.629. The van der Waals surface area contributed by atoms with Crippen LogP contribution in [0.1, 0.15) is 25.8 Å². The molecule has 1 atom stereocenters.